The molecule has 9 nitrogen and oxygen atoms in total. The van der Waals surface area contributed by atoms with Crippen LogP contribution in [0.3, 0.4) is 0 Å². The molecular weight excluding hydrogens is 480 g/mol. The predicted octanol–water partition coefficient (Wildman–Crippen LogP) is 2.63. The fourth-order valence-electron chi connectivity index (χ4n) is 8.10. The molecule has 9 heteroatoms. The predicted molar refractivity (Wildman–Crippen MR) is 147 cm³/mol. The molecule has 2 aromatic rings. The van der Waals surface area contributed by atoms with E-state index in [1.807, 2.05) is 18.2 Å². The Morgan fingerprint density at radius 2 is 1.74 bits per heavy atom. The van der Waals surface area contributed by atoms with E-state index in [1.54, 1.807) is 6.92 Å². The fraction of sp³-hybridized carbons (Fsp3) is 0.655. The van der Waals surface area contributed by atoms with Crippen LogP contribution < -0.4 is 26.8 Å². The quantitative estimate of drug-likeness (QED) is 0.281. The maximum absolute atomic E-state index is 13.5. The molecule has 4 N–H and O–H groups in total. The van der Waals surface area contributed by atoms with Gasteiger partial charge in [0, 0.05) is 30.7 Å². The van der Waals surface area contributed by atoms with Crippen LogP contribution in [0.15, 0.2) is 23.0 Å². The lowest BCUT2D eigenvalue weighted by Crippen LogP contribution is -2.58. The van der Waals surface area contributed by atoms with Crippen molar-refractivity contribution in [2.45, 2.75) is 76.3 Å². The minimum absolute atomic E-state index is 0.212. The minimum Gasteiger partial charge on any atom is -0.383 e. The third-order valence-electron chi connectivity index (χ3n) is 9.31. The van der Waals surface area contributed by atoms with Gasteiger partial charge in [0.25, 0.3) is 5.56 Å². The first-order valence-corrected chi connectivity index (χ1v) is 14.5. The normalized spacial score (nSPS) is 30.1. The standard InChI is InChI=1S/C29H40N6O3/c1-18-33-23-5-2-4-22(26(23)28(38)35(18)24-6-7-25(36)34-27(24)37)31-11-10-30-8-3-9-32-29-15-19-12-20(16-29)14-21(13-19)17-29/h2,4-5,19-21,24,30-32H,3,6-17H2,1H3,(H,34,36,37). The van der Waals surface area contributed by atoms with Crippen molar-refractivity contribution in [3.8, 4) is 0 Å². The van der Waals surface area contributed by atoms with Gasteiger partial charge in [-0.3, -0.25) is 24.3 Å². The molecule has 4 bridgehead atoms. The Bertz CT molecular complexity index is 1250. The Balaban J connectivity index is 1.01. The highest BCUT2D eigenvalue weighted by molar-refractivity contribution is 5.99. The SMILES string of the molecule is Cc1nc2cccc(NCCNCCCNC34CC5CC(CC(C5)C3)C4)c2c(=O)n1C1CCC(=O)NC1=O. The Labute approximate surface area is 223 Å². The summed E-state index contributed by atoms with van der Waals surface area (Å²) in [6, 6.07) is 4.86. The summed E-state index contributed by atoms with van der Waals surface area (Å²) in [5, 5.41) is 13.7. The number of fused-ring (bicyclic) bond motifs is 1. The second-order valence-corrected chi connectivity index (χ2v) is 12.2. The van der Waals surface area contributed by atoms with Gasteiger partial charge < -0.3 is 16.0 Å². The third-order valence-corrected chi connectivity index (χ3v) is 9.31. The summed E-state index contributed by atoms with van der Waals surface area (Å²) in [6.45, 7) is 5.22. The van der Waals surface area contributed by atoms with E-state index in [0.29, 0.717) is 40.9 Å². The Morgan fingerprint density at radius 3 is 2.45 bits per heavy atom. The molecular formula is C29H40N6O3. The summed E-state index contributed by atoms with van der Waals surface area (Å²) in [4.78, 5) is 42.2. The van der Waals surface area contributed by atoms with Gasteiger partial charge in [0.2, 0.25) is 11.8 Å². The summed E-state index contributed by atoms with van der Waals surface area (Å²) >= 11 is 0. The molecule has 1 aromatic carbocycles. The number of aromatic nitrogens is 2. The molecule has 38 heavy (non-hydrogen) atoms. The zero-order chi connectivity index (χ0) is 26.3. The van der Waals surface area contributed by atoms with Crippen LogP contribution in [-0.2, 0) is 9.59 Å². The number of amides is 2. The van der Waals surface area contributed by atoms with Crippen molar-refractivity contribution < 1.29 is 9.59 Å². The van der Waals surface area contributed by atoms with E-state index in [4.69, 9.17) is 0 Å². The van der Waals surface area contributed by atoms with Gasteiger partial charge in [0.05, 0.1) is 10.9 Å². The van der Waals surface area contributed by atoms with Gasteiger partial charge in [0.15, 0.2) is 0 Å². The molecule has 1 saturated heterocycles. The second-order valence-electron chi connectivity index (χ2n) is 12.2. The third kappa shape index (κ3) is 4.98. The molecule has 0 spiro atoms. The van der Waals surface area contributed by atoms with Crippen molar-refractivity contribution in [3.63, 3.8) is 0 Å². The molecule has 7 rings (SSSR count). The van der Waals surface area contributed by atoms with Crippen molar-refractivity contribution in [3.05, 3.63) is 34.4 Å². The maximum Gasteiger partial charge on any atom is 0.264 e. The lowest BCUT2D eigenvalue weighted by Gasteiger charge is -2.57. The first-order valence-electron chi connectivity index (χ1n) is 14.5. The van der Waals surface area contributed by atoms with Gasteiger partial charge in [-0.1, -0.05) is 6.07 Å². The summed E-state index contributed by atoms with van der Waals surface area (Å²) in [7, 11) is 0. The number of piperidine rings is 1. The van der Waals surface area contributed by atoms with E-state index in [0.717, 1.165) is 43.8 Å². The van der Waals surface area contributed by atoms with E-state index >= 15 is 0 Å². The lowest BCUT2D eigenvalue weighted by molar-refractivity contribution is -0.135. The van der Waals surface area contributed by atoms with Gasteiger partial charge in [-0.25, -0.2) is 4.98 Å². The molecule has 0 radical (unpaired) electrons. The molecule has 2 amide bonds. The van der Waals surface area contributed by atoms with Crippen LogP contribution in [0.4, 0.5) is 5.69 Å². The van der Waals surface area contributed by atoms with Crippen LogP contribution >= 0.6 is 0 Å². The number of hydrogen-bond acceptors (Lipinski definition) is 7. The van der Waals surface area contributed by atoms with E-state index < -0.39 is 11.9 Å². The number of anilines is 1. The number of imide groups is 1. The molecule has 1 atom stereocenters. The minimum atomic E-state index is -0.723. The number of nitrogens with one attached hydrogen (secondary N) is 4. The summed E-state index contributed by atoms with van der Waals surface area (Å²) < 4.78 is 1.43. The highest BCUT2D eigenvalue weighted by Gasteiger charge is 2.50. The first kappa shape index (κ1) is 25.5. The monoisotopic (exact) mass is 520 g/mol. The van der Waals surface area contributed by atoms with Gasteiger partial charge in [-0.05, 0) is 101 Å². The maximum atomic E-state index is 13.5. The molecule has 5 aliphatic rings. The van der Waals surface area contributed by atoms with Gasteiger partial charge >= 0.3 is 0 Å². The summed E-state index contributed by atoms with van der Waals surface area (Å²) in [5.74, 6) is 2.64. The van der Waals surface area contributed by atoms with E-state index in [-0.39, 0.29) is 17.9 Å². The molecule has 4 saturated carbocycles. The number of hydrogen-bond donors (Lipinski definition) is 4. The smallest absolute Gasteiger partial charge is 0.264 e. The number of aryl methyl sites for hydroxylation is 1. The number of nitrogens with zero attached hydrogens (tertiary/aromatic N) is 2. The van der Waals surface area contributed by atoms with Crippen LogP contribution in [0.5, 0.6) is 0 Å². The van der Waals surface area contributed by atoms with E-state index in [2.05, 4.69) is 26.3 Å². The molecule has 5 fully saturated rings. The molecule has 204 valence electrons. The van der Waals surface area contributed by atoms with E-state index in [9.17, 15) is 14.4 Å². The van der Waals surface area contributed by atoms with Gasteiger partial charge in [0.1, 0.15) is 11.9 Å². The van der Waals surface area contributed by atoms with Crippen LogP contribution in [0.25, 0.3) is 10.9 Å². The average Bonchev–Trinajstić information content (AvgIpc) is 2.86. The highest BCUT2D eigenvalue weighted by Crippen LogP contribution is 2.55. The lowest BCUT2D eigenvalue weighted by atomic mass is 9.53. The van der Waals surface area contributed by atoms with Gasteiger partial charge in [-0.2, -0.15) is 0 Å². The van der Waals surface area contributed by atoms with Crippen LogP contribution in [0.1, 0.15) is 69.7 Å². The van der Waals surface area contributed by atoms with Crippen molar-refractivity contribution in [1.29, 1.82) is 0 Å². The second kappa shape index (κ2) is 10.4. The zero-order valence-electron chi connectivity index (χ0n) is 22.4. The first-order chi connectivity index (χ1) is 18.4. The fourth-order valence-corrected chi connectivity index (χ4v) is 8.10. The summed E-state index contributed by atoms with van der Waals surface area (Å²) in [6.07, 6.45) is 10.2. The number of rotatable bonds is 10. The molecule has 1 aromatic heterocycles. The van der Waals surface area contributed by atoms with E-state index in [1.165, 1.54) is 43.1 Å². The number of benzene rings is 1. The Kier molecular flexibility index (Phi) is 6.99. The van der Waals surface area contributed by atoms with Crippen molar-refractivity contribution in [1.82, 2.24) is 25.5 Å². The largest absolute Gasteiger partial charge is 0.383 e. The Hall–Kier alpha value is -2.78. The van der Waals surface area contributed by atoms with Crippen molar-refractivity contribution in [2.24, 2.45) is 17.8 Å². The Morgan fingerprint density at radius 1 is 1.00 bits per heavy atom. The van der Waals surface area contributed by atoms with Crippen LogP contribution in [0, 0.1) is 24.7 Å². The van der Waals surface area contributed by atoms with Crippen LogP contribution in [-0.4, -0.2) is 53.1 Å². The molecule has 1 unspecified atom stereocenters. The summed E-state index contributed by atoms with van der Waals surface area (Å²) in [5.41, 5.74) is 1.49. The van der Waals surface area contributed by atoms with Gasteiger partial charge in [-0.15, -0.1) is 0 Å². The van der Waals surface area contributed by atoms with Crippen molar-refractivity contribution >= 4 is 28.4 Å². The molecule has 2 heterocycles. The van der Waals surface area contributed by atoms with Crippen molar-refractivity contribution in [2.75, 3.05) is 31.5 Å². The topological polar surface area (TPSA) is 117 Å². The highest BCUT2D eigenvalue weighted by atomic mass is 16.2. The average molecular weight is 521 g/mol. The molecule has 4 aliphatic carbocycles. The van der Waals surface area contributed by atoms with Crippen LogP contribution in [0.2, 0.25) is 0 Å². The molecule has 1 aliphatic heterocycles. The number of carbonyl (C=O) groups excluding carboxylic acids is 2. The number of carbonyl (C=O) groups is 2. The zero-order valence-corrected chi connectivity index (χ0v) is 22.4.